The number of carbonyl (C=O) groups is 2. The second-order valence-corrected chi connectivity index (χ2v) is 21.0. The molecular formula is C60H60N10O4. The maximum atomic E-state index is 12.8. The fourth-order valence-corrected chi connectivity index (χ4v) is 9.96. The van der Waals surface area contributed by atoms with E-state index in [0.29, 0.717) is 52.4 Å². The number of carbonyl (C=O) groups excluding carboxylic acids is 2. The molecule has 74 heavy (non-hydrogen) atoms. The lowest BCUT2D eigenvalue weighted by Gasteiger charge is -2.36. The summed E-state index contributed by atoms with van der Waals surface area (Å²) in [6.45, 7) is 16.1. The Balaban J connectivity index is 1.04. The number of hydrogen-bond acceptors (Lipinski definition) is 10. The average Bonchev–Trinajstić information content (AvgIpc) is 4.25. The molecule has 14 heteroatoms. The van der Waals surface area contributed by atoms with Gasteiger partial charge >= 0.3 is 12.2 Å². The van der Waals surface area contributed by atoms with Crippen molar-refractivity contribution in [3.63, 3.8) is 0 Å². The van der Waals surface area contributed by atoms with E-state index in [0.717, 1.165) is 101 Å². The number of nitrogens with zero attached hydrogens (tertiary/aromatic N) is 8. The van der Waals surface area contributed by atoms with Gasteiger partial charge in [-0.05, 0) is 126 Å². The van der Waals surface area contributed by atoms with Crippen molar-refractivity contribution in [1.82, 2.24) is 39.7 Å². The molecule has 14 nitrogen and oxygen atoms in total. The molecule has 0 radical (unpaired) electrons. The Morgan fingerprint density at radius 3 is 1.04 bits per heavy atom. The quantitative estimate of drug-likeness (QED) is 0.165. The molecule has 0 spiro atoms. The van der Waals surface area contributed by atoms with E-state index in [9.17, 15) is 9.59 Å². The minimum absolute atomic E-state index is 0.289. The monoisotopic (exact) mass is 984 g/mol. The fraction of sp³-hybridized carbons (Fsp3) is 0.267. The summed E-state index contributed by atoms with van der Waals surface area (Å²) in [5.74, 6) is 1.68. The Bertz CT molecular complexity index is 3230. The topological polar surface area (TPSA) is 149 Å². The van der Waals surface area contributed by atoms with Crippen molar-refractivity contribution in [1.29, 1.82) is 0 Å². The van der Waals surface area contributed by atoms with Crippen LogP contribution in [0.1, 0.15) is 64.3 Å². The van der Waals surface area contributed by atoms with Gasteiger partial charge in [0.25, 0.3) is 0 Å². The molecule has 2 amide bonds. The van der Waals surface area contributed by atoms with Gasteiger partial charge in [0, 0.05) is 120 Å². The van der Waals surface area contributed by atoms with Crippen molar-refractivity contribution in [3.05, 3.63) is 144 Å². The number of aromatic nitrogens is 6. The van der Waals surface area contributed by atoms with Gasteiger partial charge in [0.05, 0.1) is 22.8 Å². The number of hydrogen-bond donors (Lipinski definition) is 2. The van der Waals surface area contributed by atoms with Gasteiger partial charge in [0.2, 0.25) is 0 Å². The molecule has 7 aromatic rings. The number of amides is 2. The van der Waals surface area contributed by atoms with Crippen molar-refractivity contribution in [3.8, 4) is 44.5 Å². The molecule has 0 unspecified atom stereocenters. The molecule has 2 fully saturated rings. The highest BCUT2D eigenvalue weighted by Crippen LogP contribution is 2.39. The number of rotatable bonds is 6. The van der Waals surface area contributed by atoms with Crippen LogP contribution < -0.4 is 9.80 Å². The maximum absolute atomic E-state index is 12.8. The highest BCUT2D eigenvalue weighted by atomic mass is 16.6. The summed E-state index contributed by atoms with van der Waals surface area (Å²) in [5, 5.41) is 0. The Hall–Kier alpha value is -8.52. The van der Waals surface area contributed by atoms with E-state index in [1.807, 2.05) is 66.1 Å². The third-order valence-electron chi connectivity index (χ3n) is 13.5. The largest absolute Gasteiger partial charge is 0.444 e. The average molecular weight is 985 g/mol. The second kappa shape index (κ2) is 19.5. The third kappa shape index (κ3) is 9.99. The molecule has 374 valence electrons. The molecule has 0 aliphatic carbocycles. The first-order valence-corrected chi connectivity index (χ1v) is 25.4. The van der Waals surface area contributed by atoms with Gasteiger partial charge in [-0.2, -0.15) is 0 Å². The van der Waals surface area contributed by atoms with E-state index in [2.05, 4.69) is 141 Å². The predicted octanol–water partition coefficient (Wildman–Crippen LogP) is 12.2. The normalized spacial score (nSPS) is 14.9. The smallest absolute Gasteiger partial charge is 0.410 e. The zero-order valence-electron chi connectivity index (χ0n) is 42.7. The van der Waals surface area contributed by atoms with E-state index in [1.54, 1.807) is 9.80 Å². The van der Waals surface area contributed by atoms with Crippen molar-refractivity contribution >= 4 is 70.2 Å². The minimum Gasteiger partial charge on any atom is -0.444 e. The van der Waals surface area contributed by atoms with Gasteiger partial charge in [-0.25, -0.2) is 29.5 Å². The number of pyridine rings is 2. The molecule has 5 aromatic heterocycles. The molecule has 11 rings (SSSR count). The standard InChI is InChI=1S/C60H60N10O4/c1-59(2,3)73-57(71)69-33-29-67(30-34-69)51-27-17-41(37-61-51)55-47-23-19-43(63-47)53(39-13-9-7-10-14-39)45-21-25-49(65-45)56(42-18-28-52(62-38-42)68-31-35-70(36-32-68)58(72)74-60(4,5)6)50-26-22-46(66-50)54(40-15-11-8-12-16-40)44-20-24-48(55)64-44/h7-28,37-38,63,66H,29-36H2,1-6H3. The first-order valence-electron chi connectivity index (χ1n) is 25.4. The van der Waals surface area contributed by atoms with Crippen LogP contribution in [0.25, 0.3) is 90.9 Å². The Labute approximate surface area is 431 Å². The fourth-order valence-electron chi connectivity index (χ4n) is 9.96. The number of anilines is 2. The van der Waals surface area contributed by atoms with E-state index in [-0.39, 0.29) is 12.2 Å². The Kier molecular flexibility index (Phi) is 12.6. The maximum Gasteiger partial charge on any atom is 0.410 e. The van der Waals surface area contributed by atoms with E-state index in [4.69, 9.17) is 29.4 Å². The molecule has 4 aliphatic rings. The summed E-state index contributed by atoms with van der Waals surface area (Å²) in [4.78, 5) is 62.3. The van der Waals surface area contributed by atoms with Crippen LogP contribution in [0.5, 0.6) is 0 Å². The lowest BCUT2D eigenvalue weighted by Crippen LogP contribution is -2.50. The summed E-state index contributed by atoms with van der Waals surface area (Å²) in [6.07, 6.45) is 11.7. The first-order chi connectivity index (χ1) is 35.7. The van der Waals surface area contributed by atoms with Crippen LogP contribution in [0, 0.1) is 0 Å². The van der Waals surface area contributed by atoms with Crippen molar-refractivity contribution in [2.75, 3.05) is 62.2 Å². The van der Waals surface area contributed by atoms with Gasteiger partial charge < -0.3 is 39.0 Å². The minimum atomic E-state index is -0.550. The number of ether oxygens (including phenoxy) is 2. The van der Waals surface area contributed by atoms with Crippen molar-refractivity contribution < 1.29 is 19.1 Å². The van der Waals surface area contributed by atoms with Gasteiger partial charge in [0.15, 0.2) is 0 Å². The lowest BCUT2D eigenvalue weighted by molar-refractivity contribution is 0.0230. The third-order valence-corrected chi connectivity index (χ3v) is 13.5. The van der Waals surface area contributed by atoms with Crippen LogP contribution in [0.3, 0.4) is 0 Å². The highest BCUT2D eigenvalue weighted by molar-refractivity contribution is 5.99. The predicted molar refractivity (Wildman–Crippen MR) is 296 cm³/mol. The van der Waals surface area contributed by atoms with Gasteiger partial charge in [-0.1, -0.05) is 60.7 Å². The van der Waals surface area contributed by atoms with Crippen molar-refractivity contribution in [2.45, 2.75) is 52.7 Å². The Morgan fingerprint density at radius 1 is 0.419 bits per heavy atom. The summed E-state index contributed by atoms with van der Waals surface area (Å²) in [6, 6.07) is 37.6. The number of benzene rings is 2. The molecule has 2 aromatic carbocycles. The first kappa shape index (κ1) is 47.8. The molecule has 9 heterocycles. The second-order valence-electron chi connectivity index (χ2n) is 21.0. The molecule has 8 bridgehead atoms. The molecule has 4 aliphatic heterocycles. The van der Waals surface area contributed by atoms with Crippen LogP contribution in [0.15, 0.2) is 122 Å². The number of H-pyrrole nitrogens is 2. The van der Waals surface area contributed by atoms with Crippen LogP contribution in [0.2, 0.25) is 0 Å². The zero-order valence-corrected chi connectivity index (χ0v) is 42.7. The summed E-state index contributed by atoms with van der Waals surface area (Å²) >= 11 is 0. The van der Waals surface area contributed by atoms with Crippen LogP contribution in [0.4, 0.5) is 21.2 Å². The van der Waals surface area contributed by atoms with E-state index >= 15 is 0 Å². The number of aromatic amines is 2. The molecule has 0 atom stereocenters. The molecule has 0 saturated carbocycles. The zero-order chi connectivity index (χ0) is 51.1. The highest BCUT2D eigenvalue weighted by Gasteiger charge is 2.29. The number of nitrogens with one attached hydrogen (secondary N) is 2. The summed E-state index contributed by atoms with van der Waals surface area (Å²) < 4.78 is 11.3. The molecule has 2 N–H and O–H groups in total. The van der Waals surface area contributed by atoms with Gasteiger partial charge in [-0.3, -0.25) is 0 Å². The molecule has 2 saturated heterocycles. The summed E-state index contributed by atoms with van der Waals surface area (Å²) in [5.41, 5.74) is 13.2. The van der Waals surface area contributed by atoms with Crippen molar-refractivity contribution in [2.24, 2.45) is 0 Å². The van der Waals surface area contributed by atoms with E-state index in [1.165, 1.54) is 0 Å². The van der Waals surface area contributed by atoms with Crippen LogP contribution in [-0.4, -0.2) is 115 Å². The summed E-state index contributed by atoms with van der Waals surface area (Å²) in [7, 11) is 0. The molecular weight excluding hydrogens is 925 g/mol. The Morgan fingerprint density at radius 2 is 0.743 bits per heavy atom. The van der Waals surface area contributed by atoms with Crippen LogP contribution in [-0.2, 0) is 9.47 Å². The number of fused-ring (bicyclic) bond motifs is 8. The van der Waals surface area contributed by atoms with Gasteiger partial charge in [0.1, 0.15) is 22.8 Å². The lowest BCUT2D eigenvalue weighted by atomic mass is 10.0. The van der Waals surface area contributed by atoms with Gasteiger partial charge in [-0.15, -0.1) is 0 Å². The van der Waals surface area contributed by atoms with E-state index < -0.39 is 11.2 Å². The number of piperazine rings is 2. The van der Waals surface area contributed by atoms with Crippen LogP contribution >= 0.6 is 0 Å². The SMILES string of the molecule is CC(C)(C)OC(=O)N1CCN(c2ccc(-c3c4nc(c(-c5ccccc5)c5ccc([nH]5)c(-c5ccc(N6CCN(C(=O)OC(C)(C)C)CC6)nc5)c5nc(c(-c6ccccc6)c6ccc3[nH]6)C=C5)C=C4)cn2)CC1.